The summed E-state index contributed by atoms with van der Waals surface area (Å²) in [5, 5.41) is 2.61. The summed E-state index contributed by atoms with van der Waals surface area (Å²) in [6, 6.07) is 5.81. The minimum Gasteiger partial charge on any atom is -0.342 e. The Bertz CT molecular complexity index is 688. The third kappa shape index (κ3) is 5.35. The summed E-state index contributed by atoms with van der Waals surface area (Å²) in [7, 11) is 0. The molecule has 0 spiro atoms. The van der Waals surface area contributed by atoms with Crippen LogP contribution < -0.4 is 11.1 Å². The number of nitrogens with zero attached hydrogens (tertiary/aromatic N) is 2. The second-order valence-electron chi connectivity index (χ2n) is 7.74. The van der Waals surface area contributed by atoms with Crippen LogP contribution in [-0.4, -0.2) is 54.0 Å². The second-order valence-corrected chi connectivity index (χ2v) is 7.74. The van der Waals surface area contributed by atoms with Crippen molar-refractivity contribution in [2.24, 2.45) is 17.6 Å². The Morgan fingerprint density at radius 1 is 1.14 bits per heavy atom. The molecule has 156 valence electrons. The minimum absolute atomic E-state index is 0. The molecule has 0 bridgehead atoms. The van der Waals surface area contributed by atoms with E-state index in [0.717, 1.165) is 32.2 Å². The molecule has 2 saturated heterocycles. The molecule has 1 aromatic carbocycles. The van der Waals surface area contributed by atoms with Gasteiger partial charge in [0.25, 0.3) is 0 Å². The van der Waals surface area contributed by atoms with E-state index < -0.39 is 5.82 Å². The van der Waals surface area contributed by atoms with Gasteiger partial charge in [-0.15, -0.1) is 12.4 Å². The molecule has 6 nitrogen and oxygen atoms in total. The van der Waals surface area contributed by atoms with Crippen LogP contribution in [0.5, 0.6) is 0 Å². The van der Waals surface area contributed by atoms with Crippen molar-refractivity contribution in [2.45, 2.75) is 38.6 Å². The van der Waals surface area contributed by atoms with Crippen LogP contribution in [0, 0.1) is 17.7 Å². The van der Waals surface area contributed by atoms with Crippen molar-refractivity contribution >= 4 is 30.0 Å². The topological polar surface area (TPSA) is 78.7 Å². The molecule has 0 aliphatic carbocycles. The van der Waals surface area contributed by atoms with Gasteiger partial charge in [-0.1, -0.05) is 12.1 Å². The standard InChI is InChI=1S/C20H29FN4O2.ClH/c1-14(22)15-6-4-10-24(12-15)19(26)16-7-5-11-25(13-16)20(27)23-18-9-3-2-8-17(18)21;/h2-3,8-9,14-16H,4-7,10-13,22H2,1H3,(H,23,27);1H. The molecule has 2 aliphatic heterocycles. The fourth-order valence-electron chi connectivity index (χ4n) is 4.02. The summed E-state index contributed by atoms with van der Waals surface area (Å²) in [4.78, 5) is 29.0. The van der Waals surface area contributed by atoms with Crippen molar-refractivity contribution in [3.05, 3.63) is 30.1 Å². The first-order chi connectivity index (χ1) is 13.0. The van der Waals surface area contributed by atoms with E-state index in [1.807, 2.05) is 11.8 Å². The zero-order valence-electron chi connectivity index (χ0n) is 16.3. The minimum atomic E-state index is -0.467. The van der Waals surface area contributed by atoms with Gasteiger partial charge >= 0.3 is 6.03 Å². The number of rotatable bonds is 3. The molecule has 0 radical (unpaired) electrons. The molecule has 3 rings (SSSR count). The summed E-state index contributed by atoms with van der Waals surface area (Å²) in [6.07, 6.45) is 3.58. The summed E-state index contributed by atoms with van der Waals surface area (Å²) in [5.74, 6) is -0.210. The van der Waals surface area contributed by atoms with Crippen LogP contribution in [0.3, 0.4) is 0 Å². The Morgan fingerprint density at radius 3 is 2.54 bits per heavy atom. The number of carbonyl (C=O) groups excluding carboxylic acids is 2. The molecule has 0 aromatic heterocycles. The van der Waals surface area contributed by atoms with Crippen LogP contribution in [-0.2, 0) is 4.79 Å². The van der Waals surface area contributed by atoms with Crippen LogP contribution in [0.4, 0.5) is 14.9 Å². The lowest BCUT2D eigenvalue weighted by molar-refractivity contribution is -0.138. The van der Waals surface area contributed by atoms with Crippen LogP contribution in [0.15, 0.2) is 24.3 Å². The number of piperidine rings is 2. The zero-order chi connectivity index (χ0) is 19.4. The highest BCUT2D eigenvalue weighted by Crippen LogP contribution is 2.25. The lowest BCUT2D eigenvalue weighted by Crippen LogP contribution is -2.51. The predicted octanol–water partition coefficient (Wildman–Crippen LogP) is 3.08. The lowest BCUT2D eigenvalue weighted by Gasteiger charge is -2.39. The molecule has 2 fully saturated rings. The Hall–Kier alpha value is -1.86. The largest absolute Gasteiger partial charge is 0.342 e. The van der Waals surface area contributed by atoms with E-state index in [-0.39, 0.29) is 42.0 Å². The van der Waals surface area contributed by atoms with Crippen LogP contribution >= 0.6 is 12.4 Å². The maximum Gasteiger partial charge on any atom is 0.321 e. The van der Waals surface area contributed by atoms with Crippen molar-refractivity contribution in [3.8, 4) is 0 Å². The zero-order valence-corrected chi connectivity index (χ0v) is 17.1. The number of likely N-dealkylation sites (tertiary alicyclic amines) is 2. The van der Waals surface area contributed by atoms with Crippen LogP contribution in [0.25, 0.3) is 0 Å². The van der Waals surface area contributed by atoms with E-state index >= 15 is 0 Å². The van der Waals surface area contributed by atoms with Gasteiger partial charge in [0, 0.05) is 32.2 Å². The molecule has 3 amide bonds. The van der Waals surface area contributed by atoms with Gasteiger partial charge in [0.1, 0.15) is 5.82 Å². The van der Waals surface area contributed by atoms with Gasteiger partial charge in [0.05, 0.1) is 11.6 Å². The average molecular weight is 413 g/mol. The van der Waals surface area contributed by atoms with Gasteiger partial charge in [0.2, 0.25) is 5.91 Å². The molecule has 8 heteroatoms. The summed E-state index contributed by atoms with van der Waals surface area (Å²) < 4.78 is 13.8. The first-order valence-electron chi connectivity index (χ1n) is 9.80. The molecular weight excluding hydrogens is 383 g/mol. The highest BCUT2D eigenvalue weighted by Gasteiger charge is 2.34. The van der Waals surface area contributed by atoms with Crippen molar-refractivity contribution < 1.29 is 14.0 Å². The highest BCUT2D eigenvalue weighted by atomic mass is 35.5. The van der Waals surface area contributed by atoms with E-state index in [4.69, 9.17) is 5.73 Å². The Kier molecular flexibility index (Phi) is 8.07. The molecule has 3 N–H and O–H groups in total. The molecular formula is C20H30ClFN4O2. The van der Waals surface area contributed by atoms with Crippen LogP contribution in [0.2, 0.25) is 0 Å². The van der Waals surface area contributed by atoms with Gasteiger partial charge in [-0.3, -0.25) is 4.79 Å². The smallest absolute Gasteiger partial charge is 0.321 e. The molecule has 1 aromatic rings. The third-order valence-corrected chi connectivity index (χ3v) is 5.69. The van der Waals surface area contributed by atoms with Gasteiger partial charge < -0.3 is 20.9 Å². The summed E-state index contributed by atoms with van der Waals surface area (Å²) in [6.45, 7) is 4.41. The fourth-order valence-corrected chi connectivity index (χ4v) is 4.02. The summed E-state index contributed by atoms with van der Waals surface area (Å²) >= 11 is 0. The molecule has 2 heterocycles. The number of anilines is 1. The number of hydrogen-bond donors (Lipinski definition) is 2. The average Bonchev–Trinajstić information content (AvgIpc) is 2.69. The second kappa shape index (κ2) is 10.1. The van der Waals surface area contributed by atoms with Crippen molar-refractivity contribution in [3.63, 3.8) is 0 Å². The maximum atomic E-state index is 13.8. The van der Waals surface area contributed by atoms with Gasteiger partial charge in [-0.05, 0) is 50.7 Å². The highest BCUT2D eigenvalue weighted by molar-refractivity contribution is 5.90. The predicted molar refractivity (Wildman–Crippen MR) is 110 cm³/mol. The first-order valence-corrected chi connectivity index (χ1v) is 9.80. The molecule has 2 aliphatic rings. The van der Waals surface area contributed by atoms with E-state index in [2.05, 4.69) is 5.32 Å². The molecule has 0 saturated carbocycles. The number of nitrogens with one attached hydrogen (secondary N) is 1. The Morgan fingerprint density at radius 2 is 1.82 bits per heavy atom. The molecule has 28 heavy (non-hydrogen) atoms. The Labute approximate surface area is 172 Å². The lowest BCUT2D eigenvalue weighted by atomic mass is 9.90. The molecule has 3 unspecified atom stereocenters. The van der Waals surface area contributed by atoms with Crippen LogP contribution in [0.1, 0.15) is 32.6 Å². The summed E-state index contributed by atoms with van der Waals surface area (Å²) in [5.41, 5.74) is 6.18. The molecule has 3 atom stereocenters. The fraction of sp³-hybridized carbons (Fsp3) is 0.600. The number of hydrogen-bond acceptors (Lipinski definition) is 3. The maximum absolute atomic E-state index is 13.8. The van der Waals surface area contributed by atoms with E-state index in [1.54, 1.807) is 17.0 Å². The number of amides is 3. The Balaban J connectivity index is 0.00000280. The van der Waals surface area contributed by atoms with E-state index in [9.17, 15) is 14.0 Å². The first kappa shape index (κ1) is 22.4. The van der Waals surface area contributed by atoms with Gasteiger partial charge in [-0.25, -0.2) is 9.18 Å². The monoisotopic (exact) mass is 412 g/mol. The van der Waals surface area contributed by atoms with Gasteiger partial charge in [0.15, 0.2) is 0 Å². The van der Waals surface area contributed by atoms with E-state index in [1.165, 1.54) is 12.1 Å². The van der Waals surface area contributed by atoms with Crippen molar-refractivity contribution in [2.75, 3.05) is 31.5 Å². The third-order valence-electron chi connectivity index (χ3n) is 5.69. The van der Waals surface area contributed by atoms with Crippen molar-refractivity contribution in [1.29, 1.82) is 0 Å². The van der Waals surface area contributed by atoms with Crippen molar-refractivity contribution in [1.82, 2.24) is 9.80 Å². The SMILES string of the molecule is CC(N)C1CCCN(C(=O)C2CCCN(C(=O)Nc3ccccc3F)C2)C1.Cl. The normalized spacial score (nSPS) is 23.5. The number of urea groups is 1. The number of para-hydroxylation sites is 1. The van der Waals surface area contributed by atoms with Gasteiger partial charge in [-0.2, -0.15) is 0 Å². The van der Waals surface area contributed by atoms with E-state index in [0.29, 0.717) is 25.6 Å². The number of halogens is 2. The number of carbonyl (C=O) groups is 2. The number of nitrogens with two attached hydrogens (primary N) is 1. The number of benzene rings is 1. The quantitative estimate of drug-likeness (QED) is 0.800.